The van der Waals surface area contributed by atoms with Gasteiger partial charge in [0.15, 0.2) is 0 Å². The van der Waals surface area contributed by atoms with E-state index in [0.29, 0.717) is 5.56 Å². The first-order valence-electron chi connectivity index (χ1n) is 7.46. The second-order valence-electron chi connectivity index (χ2n) is 5.43. The van der Waals surface area contributed by atoms with Crippen LogP contribution in [0.4, 0.5) is 0 Å². The number of ether oxygens (including phenoxy) is 1. The molecule has 1 N–H and O–H groups in total. The Labute approximate surface area is 130 Å². The van der Waals surface area contributed by atoms with Crippen LogP contribution in [0, 0.1) is 0 Å². The van der Waals surface area contributed by atoms with Crippen molar-refractivity contribution in [2.24, 2.45) is 0 Å². The first-order valence-corrected chi connectivity index (χ1v) is 7.46. The van der Waals surface area contributed by atoms with Crippen molar-refractivity contribution in [3.63, 3.8) is 0 Å². The van der Waals surface area contributed by atoms with Gasteiger partial charge in [-0.1, -0.05) is 36.4 Å². The number of carboxylic acids is 1. The van der Waals surface area contributed by atoms with E-state index >= 15 is 0 Å². The molecule has 1 saturated heterocycles. The number of hydrogen-bond donors (Lipinski definition) is 1. The molecule has 0 atom stereocenters. The first kappa shape index (κ1) is 14.8. The van der Waals surface area contributed by atoms with Gasteiger partial charge in [-0.05, 0) is 28.8 Å². The molecule has 2 aromatic rings. The zero-order valence-electron chi connectivity index (χ0n) is 12.4. The highest BCUT2D eigenvalue weighted by molar-refractivity contribution is 5.88. The van der Waals surface area contributed by atoms with Crippen LogP contribution in [0.3, 0.4) is 0 Å². The molecule has 1 aliphatic rings. The zero-order chi connectivity index (χ0) is 15.4. The second-order valence-corrected chi connectivity index (χ2v) is 5.43. The summed E-state index contributed by atoms with van der Waals surface area (Å²) >= 11 is 0. The summed E-state index contributed by atoms with van der Waals surface area (Å²) in [6, 6.07) is 15.4. The van der Waals surface area contributed by atoms with Gasteiger partial charge in [-0.15, -0.1) is 0 Å². The van der Waals surface area contributed by atoms with Gasteiger partial charge in [-0.2, -0.15) is 0 Å². The number of benzene rings is 2. The summed E-state index contributed by atoms with van der Waals surface area (Å²) < 4.78 is 5.39. The third-order valence-corrected chi connectivity index (χ3v) is 3.96. The Morgan fingerprint density at radius 3 is 2.41 bits per heavy atom. The quantitative estimate of drug-likeness (QED) is 0.942. The smallest absolute Gasteiger partial charge is 0.335 e. The van der Waals surface area contributed by atoms with Crippen LogP contribution >= 0.6 is 0 Å². The number of carboxylic acid groups (broad SMARTS) is 1. The molecule has 0 aromatic heterocycles. The molecule has 3 rings (SSSR count). The number of nitrogens with zero attached hydrogens (tertiary/aromatic N) is 1. The predicted octanol–water partition coefficient (Wildman–Crippen LogP) is 2.88. The lowest BCUT2D eigenvalue weighted by Gasteiger charge is -2.27. The van der Waals surface area contributed by atoms with Crippen LogP contribution in [0.15, 0.2) is 48.5 Å². The normalized spacial score (nSPS) is 15.6. The highest BCUT2D eigenvalue weighted by Crippen LogP contribution is 2.25. The van der Waals surface area contributed by atoms with Crippen molar-refractivity contribution in [1.29, 1.82) is 0 Å². The lowest BCUT2D eigenvalue weighted by atomic mass is 9.98. The molecule has 0 bridgehead atoms. The molecule has 4 heteroatoms. The van der Waals surface area contributed by atoms with Crippen molar-refractivity contribution in [2.45, 2.75) is 6.54 Å². The molecule has 114 valence electrons. The molecule has 0 spiro atoms. The van der Waals surface area contributed by atoms with Gasteiger partial charge in [0.25, 0.3) is 0 Å². The van der Waals surface area contributed by atoms with Gasteiger partial charge in [-0.3, -0.25) is 4.90 Å². The van der Waals surface area contributed by atoms with Crippen LogP contribution < -0.4 is 0 Å². The highest BCUT2D eigenvalue weighted by atomic mass is 16.5. The van der Waals surface area contributed by atoms with Crippen LogP contribution in [-0.4, -0.2) is 42.3 Å². The number of aromatic carboxylic acids is 1. The molecule has 2 aromatic carbocycles. The van der Waals surface area contributed by atoms with Crippen molar-refractivity contribution >= 4 is 5.97 Å². The molecule has 0 saturated carbocycles. The fourth-order valence-electron chi connectivity index (χ4n) is 2.73. The Balaban J connectivity index is 1.85. The summed E-state index contributed by atoms with van der Waals surface area (Å²) in [6.07, 6.45) is 0. The number of rotatable bonds is 4. The zero-order valence-corrected chi connectivity index (χ0v) is 12.4. The van der Waals surface area contributed by atoms with Crippen molar-refractivity contribution < 1.29 is 14.6 Å². The Kier molecular flexibility index (Phi) is 4.51. The first-order chi connectivity index (χ1) is 10.7. The van der Waals surface area contributed by atoms with Gasteiger partial charge in [0, 0.05) is 19.6 Å². The van der Waals surface area contributed by atoms with E-state index in [1.807, 2.05) is 24.3 Å². The fraction of sp³-hybridized carbons (Fsp3) is 0.278. The number of carbonyl (C=O) groups is 1. The number of morpholine rings is 1. The summed E-state index contributed by atoms with van der Waals surface area (Å²) in [4.78, 5) is 13.3. The second kappa shape index (κ2) is 6.73. The van der Waals surface area contributed by atoms with E-state index in [-0.39, 0.29) is 0 Å². The number of hydrogen-bond acceptors (Lipinski definition) is 3. The maximum atomic E-state index is 11.0. The van der Waals surface area contributed by atoms with E-state index < -0.39 is 5.97 Å². The van der Waals surface area contributed by atoms with Crippen molar-refractivity contribution in [3.05, 3.63) is 59.7 Å². The summed E-state index contributed by atoms with van der Waals surface area (Å²) in [6.45, 7) is 4.36. The average molecular weight is 297 g/mol. The van der Waals surface area contributed by atoms with Gasteiger partial charge >= 0.3 is 5.97 Å². The Morgan fingerprint density at radius 1 is 1.05 bits per heavy atom. The third-order valence-electron chi connectivity index (χ3n) is 3.96. The van der Waals surface area contributed by atoms with Gasteiger partial charge in [0.1, 0.15) is 0 Å². The Morgan fingerprint density at radius 2 is 1.73 bits per heavy atom. The lowest BCUT2D eigenvalue weighted by Crippen LogP contribution is -2.35. The summed E-state index contributed by atoms with van der Waals surface area (Å²) in [7, 11) is 0. The maximum Gasteiger partial charge on any atom is 0.335 e. The molecule has 0 unspecified atom stereocenters. The molecular weight excluding hydrogens is 278 g/mol. The molecule has 1 fully saturated rings. The van der Waals surface area contributed by atoms with E-state index in [0.717, 1.165) is 44.0 Å². The van der Waals surface area contributed by atoms with Gasteiger partial charge in [0.2, 0.25) is 0 Å². The standard InChI is InChI=1S/C18H19NO3/c20-18(21)15-7-5-14(6-8-15)17-4-2-1-3-16(17)13-19-9-11-22-12-10-19/h1-8H,9-13H2,(H,20,21). The Bertz CT molecular complexity index is 646. The van der Waals surface area contributed by atoms with E-state index in [4.69, 9.17) is 9.84 Å². The molecule has 0 amide bonds. The summed E-state index contributed by atoms with van der Waals surface area (Å²) in [5, 5.41) is 9.00. The van der Waals surface area contributed by atoms with Crippen molar-refractivity contribution in [3.8, 4) is 11.1 Å². The van der Waals surface area contributed by atoms with Crippen LogP contribution in [0.5, 0.6) is 0 Å². The van der Waals surface area contributed by atoms with Gasteiger partial charge in [-0.25, -0.2) is 4.79 Å². The summed E-state index contributed by atoms with van der Waals surface area (Å²) in [5.41, 5.74) is 3.78. The average Bonchev–Trinajstić information content (AvgIpc) is 2.56. The minimum absolute atomic E-state index is 0.314. The monoisotopic (exact) mass is 297 g/mol. The van der Waals surface area contributed by atoms with Crippen molar-refractivity contribution in [1.82, 2.24) is 4.90 Å². The lowest BCUT2D eigenvalue weighted by molar-refractivity contribution is 0.0342. The molecule has 0 aliphatic carbocycles. The van der Waals surface area contributed by atoms with Crippen LogP contribution in [0.25, 0.3) is 11.1 Å². The molecule has 22 heavy (non-hydrogen) atoms. The highest BCUT2D eigenvalue weighted by Gasteiger charge is 2.13. The SMILES string of the molecule is O=C(O)c1ccc(-c2ccccc2CN2CCOCC2)cc1. The molecule has 1 heterocycles. The Hall–Kier alpha value is -2.17. The van der Waals surface area contributed by atoms with Crippen LogP contribution in [-0.2, 0) is 11.3 Å². The van der Waals surface area contributed by atoms with Crippen LogP contribution in [0.2, 0.25) is 0 Å². The molecule has 1 aliphatic heterocycles. The fourth-order valence-corrected chi connectivity index (χ4v) is 2.73. The van der Waals surface area contributed by atoms with E-state index in [9.17, 15) is 4.79 Å². The van der Waals surface area contributed by atoms with E-state index in [2.05, 4.69) is 17.0 Å². The van der Waals surface area contributed by atoms with Crippen LogP contribution in [0.1, 0.15) is 15.9 Å². The minimum Gasteiger partial charge on any atom is -0.478 e. The van der Waals surface area contributed by atoms with Gasteiger partial charge in [0.05, 0.1) is 18.8 Å². The van der Waals surface area contributed by atoms with E-state index in [1.165, 1.54) is 5.56 Å². The maximum absolute atomic E-state index is 11.0. The minimum atomic E-state index is -0.895. The third kappa shape index (κ3) is 3.35. The van der Waals surface area contributed by atoms with E-state index in [1.54, 1.807) is 12.1 Å². The molecule has 4 nitrogen and oxygen atoms in total. The molecule has 0 radical (unpaired) electrons. The largest absolute Gasteiger partial charge is 0.478 e. The molecular formula is C18H19NO3. The predicted molar refractivity (Wildman–Crippen MR) is 84.9 cm³/mol. The summed E-state index contributed by atoms with van der Waals surface area (Å²) in [5.74, 6) is -0.895. The topological polar surface area (TPSA) is 49.8 Å². The van der Waals surface area contributed by atoms with Gasteiger partial charge < -0.3 is 9.84 Å². The van der Waals surface area contributed by atoms with Crippen molar-refractivity contribution in [2.75, 3.05) is 26.3 Å².